The van der Waals surface area contributed by atoms with Crippen molar-refractivity contribution in [3.8, 4) is 0 Å². The van der Waals surface area contributed by atoms with Gasteiger partial charge >= 0.3 is 33.0 Å². The molecule has 0 aromatic rings. The minimum absolute atomic E-state index is 0.464. The molecule has 19 nitrogen and oxygen atoms in total. The first-order valence-electron chi connectivity index (χ1n) is 24.3. The van der Waals surface area contributed by atoms with Gasteiger partial charge in [-0.3, -0.25) is 4.79 Å². The number of quaternary nitrogens is 5. The summed E-state index contributed by atoms with van der Waals surface area (Å²) < 4.78 is 59.2. The number of carbonyl (C=O) groups is 1. The van der Waals surface area contributed by atoms with Gasteiger partial charge < -0.3 is 48.9 Å². The van der Waals surface area contributed by atoms with Crippen molar-refractivity contribution >= 4 is 13.6 Å². The predicted molar refractivity (Wildman–Crippen MR) is 252 cm³/mol. The number of nitrogens with two attached hydrogens (primary N) is 5. The Morgan fingerprint density at radius 3 is 1.00 bits per heavy atom. The average molecular weight is 1040 g/mol. The second-order valence-electron chi connectivity index (χ2n) is 19.7. The molecule has 0 atom stereocenters. The Kier molecular flexibility index (Phi) is 21.7. The molecule has 70 heavy (non-hydrogen) atoms. The molecule has 9 aliphatic rings. The quantitative estimate of drug-likeness (QED) is 0.0870. The van der Waals surface area contributed by atoms with E-state index < -0.39 is 24.6 Å². The third kappa shape index (κ3) is 22.6. The monoisotopic (exact) mass is 1030 g/mol. The normalized spacial score (nSPS) is 24.4. The zero-order valence-electron chi connectivity index (χ0n) is 43.3. The SMILES string of the molecule is CN1C=C(C2(O)CCCCC2)N(C)[NH2+]1.CN1C=C(C2(O)CCCCC2)N(C)[NH2+]1.CN1[C-]=C(C2(O)CCCCC2)N(C)[NH2+]1.CN1[C-]=CN(C)[NH2+]1.CN1[C-]=CN(C)[NH2+]1.F[P-](F)(F)(F)(F)F.O=C1CCCCC1. The van der Waals surface area contributed by atoms with Crippen LogP contribution in [0.15, 0.2) is 41.9 Å². The molecule has 0 amide bonds. The Bertz CT molecular complexity index is 1610. The summed E-state index contributed by atoms with van der Waals surface area (Å²) >= 11 is 0. The summed E-state index contributed by atoms with van der Waals surface area (Å²) in [7, 11) is 9.08. The zero-order valence-corrected chi connectivity index (χ0v) is 44.2. The molecule has 0 saturated heterocycles. The van der Waals surface area contributed by atoms with Crippen LogP contribution in [0.25, 0.3) is 0 Å². The van der Waals surface area contributed by atoms with Crippen LogP contribution in [0, 0.1) is 18.6 Å². The van der Waals surface area contributed by atoms with Gasteiger partial charge in [-0.1, -0.05) is 69.9 Å². The zero-order chi connectivity index (χ0) is 52.6. The number of likely N-dealkylation sites (N-methyl/N-ethyl adjacent to an activating group) is 3. The van der Waals surface area contributed by atoms with Crippen LogP contribution < -0.4 is 27.7 Å². The van der Waals surface area contributed by atoms with E-state index in [1.165, 1.54) is 25.7 Å². The van der Waals surface area contributed by atoms with Crippen LogP contribution in [-0.4, -0.2) is 158 Å². The summed E-state index contributed by atoms with van der Waals surface area (Å²) in [4.78, 5) is 10.5. The first kappa shape index (κ1) is 60.4. The van der Waals surface area contributed by atoms with Gasteiger partial charge in [-0.25, -0.2) is 35.1 Å². The number of aliphatic hydroxyl groups is 3. The van der Waals surface area contributed by atoms with E-state index in [1.54, 1.807) is 0 Å². The van der Waals surface area contributed by atoms with Gasteiger partial charge in [0.25, 0.3) is 0 Å². The number of nitrogens with zero attached hydrogens (tertiary/aromatic N) is 10. The van der Waals surface area contributed by atoms with Crippen LogP contribution in [0.2, 0.25) is 0 Å². The average Bonchev–Trinajstić information content (AvgIpc) is 4.09. The first-order valence-corrected chi connectivity index (χ1v) is 26.3. The van der Waals surface area contributed by atoms with Crippen molar-refractivity contribution in [1.29, 1.82) is 0 Å². The van der Waals surface area contributed by atoms with Crippen LogP contribution in [-0.2, 0) is 4.79 Å². The standard InChI is InChI=1S/2C10H19N3O.C10H18N3O.C6H10O.2C4H8N3.F6P/c3*1-12-8-9(13(2)11-12)10(14)6-4-3-5-7-10;7-6-4-2-1-3-5-6;2*1-6-3-4-7(2)5-6;1-7(2,3,4,5)6/h2*8,11,14H,3-7H2,1-2H3;11,14H,3-7H2,1-2H3;1-5H2;2*3,5H,1-2H3;/q;;-1;;3*-1/p+5. The molecule has 0 radical (unpaired) electrons. The fourth-order valence-electron chi connectivity index (χ4n) is 9.38. The van der Waals surface area contributed by atoms with E-state index >= 15 is 0 Å². The summed E-state index contributed by atoms with van der Waals surface area (Å²) in [5.41, 5.74) is 11.1. The van der Waals surface area contributed by atoms with Gasteiger partial charge in [-0.2, -0.15) is 16.6 Å². The second kappa shape index (κ2) is 25.1. The maximum Gasteiger partial charge on any atom is 0.132 e. The third-order valence-corrected chi connectivity index (χ3v) is 12.6. The van der Waals surface area contributed by atoms with Crippen molar-refractivity contribution in [1.82, 2.24) is 50.1 Å². The van der Waals surface area contributed by atoms with Gasteiger partial charge in [-0.15, -0.1) is 23.5 Å². The molecule has 9 rings (SSSR count). The van der Waals surface area contributed by atoms with Gasteiger partial charge in [-0.05, 0) is 51.4 Å². The topological polar surface area (TPSA) is 193 Å². The minimum atomic E-state index is -10.7. The van der Waals surface area contributed by atoms with E-state index in [0.29, 0.717) is 5.78 Å². The minimum Gasteiger partial charge on any atom is -0.300 e. The van der Waals surface area contributed by atoms with E-state index in [0.717, 1.165) is 120 Å². The molecule has 5 heterocycles. The molecular weight excluding hydrogens is 948 g/mol. The smallest absolute Gasteiger partial charge is 0.132 e. The Balaban J connectivity index is 0.000000222. The molecule has 4 saturated carbocycles. The van der Waals surface area contributed by atoms with Crippen molar-refractivity contribution < 1.29 is 73.0 Å². The summed E-state index contributed by atoms with van der Waals surface area (Å²) in [6, 6.07) is 0. The van der Waals surface area contributed by atoms with Crippen LogP contribution in [0.4, 0.5) is 25.2 Å². The number of halogens is 6. The fourth-order valence-corrected chi connectivity index (χ4v) is 9.38. The van der Waals surface area contributed by atoms with E-state index in [4.69, 9.17) is 0 Å². The molecule has 4 fully saturated rings. The molecule has 0 aromatic heterocycles. The Morgan fingerprint density at radius 1 is 0.457 bits per heavy atom. The van der Waals surface area contributed by atoms with Crippen molar-refractivity contribution in [3.05, 3.63) is 60.5 Å². The van der Waals surface area contributed by atoms with Crippen molar-refractivity contribution in [2.24, 2.45) is 0 Å². The molecule has 0 aromatic carbocycles. The summed E-state index contributed by atoms with van der Waals surface area (Å²) in [6.45, 7) is 0. The third-order valence-electron chi connectivity index (χ3n) is 12.6. The van der Waals surface area contributed by atoms with E-state index in [-0.39, 0.29) is 0 Å². The molecule has 408 valence electrons. The van der Waals surface area contributed by atoms with Gasteiger partial charge in [0.15, 0.2) is 0 Å². The summed E-state index contributed by atoms with van der Waals surface area (Å²) in [5.74, 6) is 0.464. The molecule has 0 bridgehead atoms. The Hall–Kier alpha value is -3.94. The van der Waals surface area contributed by atoms with Gasteiger partial charge in [0, 0.05) is 34.0 Å². The second-order valence-corrected chi connectivity index (χ2v) is 21.7. The molecule has 0 spiro atoms. The first-order chi connectivity index (χ1) is 32.3. The number of hydrogen-bond acceptors (Lipinski definition) is 14. The predicted octanol–water partition coefficient (Wildman–Crippen LogP) is 1.15. The van der Waals surface area contributed by atoms with E-state index in [1.807, 2.05) is 173 Å². The molecule has 26 heteroatoms. The van der Waals surface area contributed by atoms with E-state index in [2.05, 4.69) is 18.6 Å². The Labute approximate surface area is 412 Å². The number of rotatable bonds is 3. The van der Waals surface area contributed by atoms with Crippen LogP contribution in [0.5, 0.6) is 0 Å². The largest absolute Gasteiger partial charge is 0.300 e. The number of Topliss-reactive ketones (excluding diaryl/α,β-unsaturated/α-hetero) is 1. The van der Waals surface area contributed by atoms with Crippen molar-refractivity contribution in [2.45, 2.75) is 145 Å². The van der Waals surface area contributed by atoms with Crippen molar-refractivity contribution in [2.75, 3.05) is 70.5 Å². The summed E-state index contributed by atoms with van der Waals surface area (Å²) in [5, 5.41) is 51.0. The van der Waals surface area contributed by atoms with Crippen LogP contribution >= 0.6 is 7.81 Å². The van der Waals surface area contributed by atoms with Gasteiger partial charge in [0.2, 0.25) is 0 Å². The Morgan fingerprint density at radius 2 is 0.786 bits per heavy atom. The van der Waals surface area contributed by atoms with E-state index in [9.17, 15) is 45.3 Å². The number of ketones is 1. The molecule has 13 N–H and O–H groups in total. The molecule has 4 aliphatic carbocycles. The van der Waals surface area contributed by atoms with Crippen LogP contribution in [0.3, 0.4) is 0 Å². The number of carbonyl (C=O) groups excluding carboxylic acids is 1. The van der Waals surface area contributed by atoms with Crippen molar-refractivity contribution in [3.63, 3.8) is 0 Å². The number of hydrogen-bond donors (Lipinski definition) is 8. The van der Waals surface area contributed by atoms with Gasteiger partial charge in [0.1, 0.15) is 28.4 Å². The maximum atomic E-state index is 10.5. The fraction of sp³-hybridized carbons (Fsp3) is 0.750. The van der Waals surface area contributed by atoms with Gasteiger partial charge in [0.05, 0.1) is 67.3 Å². The van der Waals surface area contributed by atoms with Crippen LogP contribution in [0.1, 0.15) is 128 Å². The summed E-state index contributed by atoms with van der Waals surface area (Å²) in [6.07, 6.45) is 38.1. The molecule has 0 unspecified atom stereocenters. The molecular formula is C44H87F6N15O4P+. The maximum absolute atomic E-state index is 10.7. The molecule has 5 aliphatic heterocycles.